The van der Waals surface area contributed by atoms with E-state index in [4.69, 9.17) is 0 Å². The third kappa shape index (κ3) is 5.99. The molecule has 3 heteroatoms. The van der Waals surface area contributed by atoms with Gasteiger partial charge in [0, 0.05) is 35.3 Å². The molecule has 1 unspecified atom stereocenters. The molecular formula is C18H31BrN2. The lowest BCUT2D eigenvalue weighted by molar-refractivity contribution is 0.586. The third-order valence-electron chi connectivity index (χ3n) is 3.94. The molecule has 0 fully saturated rings. The first-order chi connectivity index (χ1) is 9.99. The Balaban J connectivity index is 2.87. The summed E-state index contributed by atoms with van der Waals surface area (Å²) in [7, 11) is 0. The van der Waals surface area contributed by atoms with Crippen LogP contribution in [-0.2, 0) is 6.54 Å². The van der Waals surface area contributed by atoms with Gasteiger partial charge in [-0.2, -0.15) is 0 Å². The van der Waals surface area contributed by atoms with Crippen molar-refractivity contribution in [1.82, 2.24) is 5.32 Å². The van der Waals surface area contributed by atoms with Gasteiger partial charge in [0.25, 0.3) is 0 Å². The summed E-state index contributed by atoms with van der Waals surface area (Å²) in [6.45, 7) is 13.2. The number of anilines is 1. The van der Waals surface area contributed by atoms with E-state index in [-0.39, 0.29) is 0 Å². The summed E-state index contributed by atoms with van der Waals surface area (Å²) in [6, 6.07) is 7.89. The fraction of sp³-hybridized carbons (Fsp3) is 0.667. The minimum absolute atomic E-state index is 0.512. The maximum absolute atomic E-state index is 3.74. The van der Waals surface area contributed by atoms with E-state index in [0.29, 0.717) is 12.1 Å². The fourth-order valence-electron chi connectivity index (χ4n) is 2.33. The first kappa shape index (κ1) is 18.5. The SMILES string of the molecule is CCCCN(c1ccc(CNC(C)C)c(Br)c1)C(C)CC. The quantitative estimate of drug-likeness (QED) is 0.642. The maximum Gasteiger partial charge on any atom is 0.0380 e. The standard InChI is InChI=1S/C18H31BrN2/c1-6-8-11-21(15(5)7-2)17-10-9-16(18(19)12-17)13-20-14(3)4/h9-10,12,14-15,20H,6-8,11,13H2,1-5H3. The molecule has 2 nitrogen and oxygen atoms in total. The summed E-state index contributed by atoms with van der Waals surface area (Å²) in [6.07, 6.45) is 3.67. The molecule has 120 valence electrons. The van der Waals surface area contributed by atoms with Crippen molar-refractivity contribution in [2.45, 2.75) is 72.5 Å². The van der Waals surface area contributed by atoms with E-state index in [1.54, 1.807) is 0 Å². The molecule has 0 aliphatic carbocycles. The van der Waals surface area contributed by atoms with Crippen molar-refractivity contribution < 1.29 is 0 Å². The zero-order chi connectivity index (χ0) is 15.8. The number of halogens is 1. The lowest BCUT2D eigenvalue weighted by atomic mass is 10.1. The molecule has 21 heavy (non-hydrogen) atoms. The summed E-state index contributed by atoms with van der Waals surface area (Å²) in [4.78, 5) is 2.54. The highest BCUT2D eigenvalue weighted by molar-refractivity contribution is 9.10. The Morgan fingerprint density at radius 3 is 2.43 bits per heavy atom. The first-order valence-corrected chi connectivity index (χ1v) is 9.07. The third-order valence-corrected chi connectivity index (χ3v) is 4.68. The van der Waals surface area contributed by atoms with Crippen molar-refractivity contribution in [3.8, 4) is 0 Å². The second-order valence-corrected chi connectivity index (χ2v) is 6.97. The van der Waals surface area contributed by atoms with Gasteiger partial charge in [0.2, 0.25) is 0 Å². The molecule has 0 aliphatic rings. The summed E-state index contributed by atoms with van der Waals surface area (Å²) in [5, 5.41) is 3.48. The average molecular weight is 355 g/mol. The molecule has 0 heterocycles. The topological polar surface area (TPSA) is 15.3 Å². The number of hydrogen-bond donors (Lipinski definition) is 1. The van der Waals surface area contributed by atoms with E-state index in [2.05, 4.69) is 79.0 Å². The van der Waals surface area contributed by atoms with Crippen LogP contribution >= 0.6 is 15.9 Å². The van der Waals surface area contributed by atoms with Gasteiger partial charge < -0.3 is 10.2 Å². The zero-order valence-electron chi connectivity index (χ0n) is 14.2. The molecule has 0 radical (unpaired) electrons. The smallest absolute Gasteiger partial charge is 0.0380 e. The van der Waals surface area contributed by atoms with Gasteiger partial charge >= 0.3 is 0 Å². The van der Waals surface area contributed by atoms with E-state index in [1.165, 1.54) is 35.0 Å². The van der Waals surface area contributed by atoms with Crippen LogP contribution in [0, 0.1) is 0 Å². The van der Waals surface area contributed by atoms with Crippen LogP contribution in [0.1, 0.15) is 59.4 Å². The predicted octanol–water partition coefficient (Wildman–Crippen LogP) is 5.35. The molecule has 1 atom stereocenters. The number of unbranched alkanes of at least 4 members (excludes halogenated alkanes) is 1. The van der Waals surface area contributed by atoms with Crippen LogP contribution in [0.3, 0.4) is 0 Å². The Kier molecular flexibility index (Phi) is 8.35. The van der Waals surface area contributed by atoms with E-state index < -0.39 is 0 Å². The van der Waals surface area contributed by atoms with E-state index in [0.717, 1.165) is 13.1 Å². The number of rotatable bonds is 9. The summed E-state index contributed by atoms with van der Waals surface area (Å²) >= 11 is 3.74. The minimum atomic E-state index is 0.512. The van der Waals surface area contributed by atoms with Gasteiger partial charge in [-0.05, 0) is 37.5 Å². The van der Waals surface area contributed by atoms with Crippen LogP contribution in [-0.4, -0.2) is 18.6 Å². The molecule has 0 saturated heterocycles. The van der Waals surface area contributed by atoms with Crippen LogP contribution in [0.15, 0.2) is 22.7 Å². The van der Waals surface area contributed by atoms with E-state index in [9.17, 15) is 0 Å². The van der Waals surface area contributed by atoms with Crippen molar-refractivity contribution in [3.05, 3.63) is 28.2 Å². The predicted molar refractivity (Wildman–Crippen MR) is 98.1 cm³/mol. The van der Waals surface area contributed by atoms with Crippen LogP contribution in [0.2, 0.25) is 0 Å². The van der Waals surface area contributed by atoms with Gasteiger partial charge in [0.05, 0.1) is 0 Å². The molecule has 0 bridgehead atoms. The maximum atomic E-state index is 3.74. The molecule has 0 aliphatic heterocycles. The van der Waals surface area contributed by atoms with Crippen molar-refractivity contribution in [1.29, 1.82) is 0 Å². The van der Waals surface area contributed by atoms with E-state index >= 15 is 0 Å². The molecule has 1 rings (SSSR count). The Labute approximate surface area is 139 Å². The van der Waals surface area contributed by atoms with Crippen LogP contribution in [0.5, 0.6) is 0 Å². The molecule has 1 aromatic carbocycles. The number of nitrogens with one attached hydrogen (secondary N) is 1. The van der Waals surface area contributed by atoms with Crippen LogP contribution in [0.25, 0.3) is 0 Å². The van der Waals surface area contributed by atoms with Gasteiger partial charge in [0.1, 0.15) is 0 Å². The largest absolute Gasteiger partial charge is 0.369 e. The highest BCUT2D eigenvalue weighted by Crippen LogP contribution is 2.26. The van der Waals surface area contributed by atoms with Crippen molar-refractivity contribution in [2.75, 3.05) is 11.4 Å². The monoisotopic (exact) mass is 354 g/mol. The molecule has 0 amide bonds. The lowest BCUT2D eigenvalue weighted by Crippen LogP contribution is -2.33. The first-order valence-electron chi connectivity index (χ1n) is 8.28. The van der Waals surface area contributed by atoms with Crippen LogP contribution in [0.4, 0.5) is 5.69 Å². The molecule has 0 aromatic heterocycles. The molecule has 1 aromatic rings. The summed E-state index contributed by atoms with van der Waals surface area (Å²) < 4.78 is 1.21. The Bertz CT molecular complexity index is 418. The normalized spacial score (nSPS) is 12.7. The summed E-state index contributed by atoms with van der Waals surface area (Å²) in [5.41, 5.74) is 2.66. The average Bonchev–Trinajstić information content (AvgIpc) is 2.46. The van der Waals surface area contributed by atoms with Gasteiger partial charge in [-0.25, -0.2) is 0 Å². The molecule has 0 spiro atoms. The minimum Gasteiger partial charge on any atom is -0.369 e. The Hall–Kier alpha value is -0.540. The number of nitrogens with zero attached hydrogens (tertiary/aromatic N) is 1. The zero-order valence-corrected chi connectivity index (χ0v) is 15.8. The Morgan fingerprint density at radius 2 is 1.90 bits per heavy atom. The van der Waals surface area contributed by atoms with Gasteiger partial charge in [-0.3, -0.25) is 0 Å². The van der Waals surface area contributed by atoms with Crippen molar-refractivity contribution in [3.63, 3.8) is 0 Å². The number of benzene rings is 1. The lowest BCUT2D eigenvalue weighted by Gasteiger charge is -2.31. The number of hydrogen-bond acceptors (Lipinski definition) is 2. The second-order valence-electron chi connectivity index (χ2n) is 6.12. The molecular weight excluding hydrogens is 324 g/mol. The highest BCUT2D eigenvalue weighted by atomic mass is 79.9. The summed E-state index contributed by atoms with van der Waals surface area (Å²) in [5.74, 6) is 0. The second kappa shape index (κ2) is 9.47. The molecule has 0 saturated carbocycles. The highest BCUT2D eigenvalue weighted by Gasteiger charge is 2.13. The fourth-order valence-corrected chi connectivity index (χ4v) is 2.83. The van der Waals surface area contributed by atoms with E-state index in [1.807, 2.05) is 0 Å². The van der Waals surface area contributed by atoms with Crippen molar-refractivity contribution >= 4 is 21.6 Å². The Morgan fingerprint density at radius 1 is 1.19 bits per heavy atom. The van der Waals surface area contributed by atoms with Gasteiger partial charge in [0.15, 0.2) is 0 Å². The molecule has 1 N–H and O–H groups in total. The van der Waals surface area contributed by atoms with Crippen molar-refractivity contribution in [2.24, 2.45) is 0 Å². The van der Waals surface area contributed by atoms with Gasteiger partial charge in [-0.1, -0.05) is 56.1 Å². The van der Waals surface area contributed by atoms with Crippen LogP contribution < -0.4 is 10.2 Å². The van der Waals surface area contributed by atoms with Gasteiger partial charge in [-0.15, -0.1) is 0 Å².